The van der Waals surface area contributed by atoms with Gasteiger partial charge in [0.05, 0.1) is 25.8 Å². The van der Waals surface area contributed by atoms with Gasteiger partial charge in [-0.25, -0.2) is 0 Å². The Morgan fingerprint density at radius 2 is 1.79 bits per heavy atom. The van der Waals surface area contributed by atoms with E-state index in [1.54, 1.807) is 0 Å². The highest BCUT2D eigenvalue weighted by Crippen LogP contribution is 2.27. The van der Waals surface area contributed by atoms with Crippen LogP contribution in [0.1, 0.15) is 49.7 Å². The fraction of sp³-hybridized carbons (Fsp3) is 0.882. The lowest BCUT2D eigenvalue weighted by molar-refractivity contribution is 0.0537. The van der Waals surface area contributed by atoms with Crippen LogP contribution in [0.25, 0.3) is 0 Å². The second kappa shape index (κ2) is 8.38. The Morgan fingerprint density at radius 3 is 2.50 bits per heavy atom. The van der Waals surface area contributed by atoms with Gasteiger partial charge in [0.15, 0.2) is 0 Å². The standard InChI is InChI=1S/C17H31N5O2/c1-20-16(11-21-7-3-2-4-8-21)18-19-17(20)14-6-5-9-22(10-14)15(12-23)13-24/h14-15,23-24H,2-13H2,1H3. The number of aliphatic hydroxyl groups is 2. The molecule has 0 amide bonds. The molecule has 2 aliphatic rings. The molecule has 2 aliphatic heterocycles. The van der Waals surface area contributed by atoms with Crippen molar-refractivity contribution in [2.45, 2.75) is 50.6 Å². The van der Waals surface area contributed by atoms with Crippen molar-refractivity contribution in [3.05, 3.63) is 11.6 Å². The smallest absolute Gasteiger partial charge is 0.146 e. The fourth-order valence-electron chi connectivity index (χ4n) is 4.02. The van der Waals surface area contributed by atoms with E-state index in [4.69, 9.17) is 0 Å². The maximum absolute atomic E-state index is 9.44. The fourth-order valence-corrected chi connectivity index (χ4v) is 4.02. The average molecular weight is 337 g/mol. The monoisotopic (exact) mass is 337 g/mol. The molecular formula is C17H31N5O2. The van der Waals surface area contributed by atoms with Crippen LogP contribution in [0.5, 0.6) is 0 Å². The van der Waals surface area contributed by atoms with Crippen molar-refractivity contribution in [1.29, 1.82) is 0 Å². The first kappa shape index (κ1) is 17.8. The van der Waals surface area contributed by atoms with Crippen molar-refractivity contribution >= 4 is 0 Å². The summed E-state index contributed by atoms with van der Waals surface area (Å²) in [6, 6.07) is -0.158. The van der Waals surface area contributed by atoms with Crippen molar-refractivity contribution in [1.82, 2.24) is 24.6 Å². The van der Waals surface area contributed by atoms with E-state index >= 15 is 0 Å². The van der Waals surface area contributed by atoms with Gasteiger partial charge in [-0.2, -0.15) is 0 Å². The number of likely N-dealkylation sites (tertiary alicyclic amines) is 2. The Kier molecular flexibility index (Phi) is 6.21. The van der Waals surface area contributed by atoms with E-state index in [1.807, 2.05) is 0 Å². The molecule has 2 saturated heterocycles. The van der Waals surface area contributed by atoms with Gasteiger partial charge in [-0.1, -0.05) is 6.42 Å². The lowest BCUT2D eigenvalue weighted by Gasteiger charge is -2.36. The molecule has 3 rings (SSSR count). The summed E-state index contributed by atoms with van der Waals surface area (Å²) in [7, 11) is 2.07. The molecule has 24 heavy (non-hydrogen) atoms. The van der Waals surface area contributed by atoms with Gasteiger partial charge in [-0.3, -0.25) is 9.80 Å². The third-order valence-electron chi connectivity index (χ3n) is 5.57. The second-order valence-electron chi connectivity index (χ2n) is 7.22. The van der Waals surface area contributed by atoms with Crippen molar-refractivity contribution < 1.29 is 10.2 Å². The Hall–Kier alpha value is -1.02. The third-order valence-corrected chi connectivity index (χ3v) is 5.57. The van der Waals surface area contributed by atoms with Gasteiger partial charge in [-0.15, -0.1) is 10.2 Å². The van der Waals surface area contributed by atoms with Crippen molar-refractivity contribution in [3.63, 3.8) is 0 Å². The minimum atomic E-state index is -0.158. The average Bonchev–Trinajstić information content (AvgIpc) is 2.98. The van der Waals surface area contributed by atoms with Crippen LogP contribution in [-0.2, 0) is 13.6 Å². The van der Waals surface area contributed by atoms with E-state index in [9.17, 15) is 10.2 Å². The highest BCUT2D eigenvalue weighted by molar-refractivity contribution is 5.04. The predicted molar refractivity (Wildman–Crippen MR) is 91.6 cm³/mol. The molecule has 2 N–H and O–H groups in total. The molecule has 0 spiro atoms. The van der Waals surface area contributed by atoms with Crippen LogP contribution in [0.15, 0.2) is 0 Å². The quantitative estimate of drug-likeness (QED) is 0.779. The number of piperidine rings is 2. The van der Waals surface area contributed by atoms with Gasteiger partial charge in [0.1, 0.15) is 11.6 Å². The number of nitrogens with zero attached hydrogens (tertiary/aromatic N) is 5. The van der Waals surface area contributed by atoms with E-state index in [0.29, 0.717) is 5.92 Å². The van der Waals surface area contributed by atoms with Crippen molar-refractivity contribution in [3.8, 4) is 0 Å². The van der Waals surface area contributed by atoms with E-state index in [1.165, 1.54) is 19.3 Å². The predicted octanol–water partition coefficient (Wildman–Crippen LogP) is 0.334. The molecule has 1 aromatic rings. The molecule has 0 radical (unpaired) electrons. The summed E-state index contributed by atoms with van der Waals surface area (Å²) >= 11 is 0. The molecule has 1 atom stereocenters. The molecule has 7 nitrogen and oxygen atoms in total. The summed E-state index contributed by atoms with van der Waals surface area (Å²) in [6.07, 6.45) is 6.07. The molecule has 3 heterocycles. The van der Waals surface area contributed by atoms with E-state index in [0.717, 1.165) is 57.2 Å². The van der Waals surface area contributed by atoms with Gasteiger partial charge >= 0.3 is 0 Å². The molecule has 2 fully saturated rings. The molecular weight excluding hydrogens is 306 g/mol. The van der Waals surface area contributed by atoms with Crippen molar-refractivity contribution in [2.75, 3.05) is 39.4 Å². The zero-order valence-electron chi connectivity index (χ0n) is 14.8. The third kappa shape index (κ3) is 3.96. The van der Waals surface area contributed by atoms with Crippen LogP contribution in [0, 0.1) is 0 Å². The van der Waals surface area contributed by atoms with Gasteiger partial charge < -0.3 is 14.8 Å². The molecule has 0 saturated carbocycles. The largest absolute Gasteiger partial charge is 0.395 e. The summed E-state index contributed by atoms with van der Waals surface area (Å²) in [4.78, 5) is 4.66. The minimum Gasteiger partial charge on any atom is -0.395 e. The first-order chi connectivity index (χ1) is 11.7. The highest BCUT2D eigenvalue weighted by Gasteiger charge is 2.29. The number of hydrogen-bond acceptors (Lipinski definition) is 6. The van der Waals surface area contributed by atoms with Gasteiger partial charge in [0.25, 0.3) is 0 Å². The van der Waals surface area contributed by atoms with Gasteiger partial charge in [0.2, 0.25) is 0 Å². The van der Waals surface area contributed by atoms with Gasteiger partial charge in [0, 0.05) is 19.5 Å². The Labute approximate surface area is 144 Å². The summed E-state index contributed by atoms with van der Waals surface area (Å²) in [5.41, 5.74) is 0. The molecule has 1 aromatic heterocycles. The summed E-state index contributed by atoms with van der Waals surface area (Å²) < 4.78 is 2.16. The Bertz CT molecular complexity index is 511. The molecule has 0 aliphatic carbocycles. The van der Waals surface area contributed by atoms with Crippen LogP contribution >= 0.6 is 0 Å². The summed E-state index contributed by atoms with van der Waals surface area (Å²) in [6.45, 7) is 4.98. The zero-order valence-corrected chi connectivity index (χ0v) is 14.8. The Balaban J connectivity index is 1.66. The first-order valence-electron chi connectivity index (χ1n) is 9.29. The number of rotatable bonds is 6. The lowest BCUT2D eigenvalue weighted by atomic mass is 9.96. The minimum absolute atomic E-state index is 0.00223. The highest BCUT2D eigenvalue weighted by atomic mass is 16.3. The SMILES string of the molecule is Cn1c(CN2CCCCC2)nnc1C1CCCN(C(CO)CO)C1. The lowest BCUT2D eigenvalue weighted by Crippen LogP contribution is -2.46. The normalized spacial score (nSPS) is 23.9. The van der Waals surface area contributed by atoms with Gasteiger partial charge in [-0.05, 0) is 45.3 Å². The van der Waals surface area contributed by atoms with Crippen LogP contribution in [0.4, 0.5) is 0 Å². The molecule has 1 unspecified atom stereocenters. The summed E-state index contributed by atoms with van der Waals surface area (Å²) in [5.74, 6) is 2.41. The molecule has 0 bridgehead atoms. The zero-order chi connectivity index (χ0) is 16.9. The molecule has 7 heteroatoms. The summed E-state index contributed by atoms with van der Waals surface area (Å²) in [5, 5.41) is 27.8. The number of aliphatic hydroxyl groups excluding tert-OH is 2. The van der Waals surface area contributed by atoms with Crippen LogP contribution < -0.4 is 0 Å². The number of hydrogen-bond donors (Lipinski definition) is 2. The molecule has 0 aromatic carbocycles. The number of aromatic nitrogens is 3. The topological polar surface area (TPSA) is 77.7 Å². The van der Waals surface area contributed by atoms with Crippen LogP contribution in [-0.4, -0.2) is 80.2 Å². The van der Waals surface area contributed by atoms with E-state index in [-0.39, 0.29) is 19.3 Å². The van der Waals surface area contributed by atoms with E-state index in [2.05, 4.69) is 31.6 Å². The second-order valence-corrected chi connectivity index (χ2v) is 7.22. The van der Waals surface area contributed by atoms with E-state index < -0.39 is 0 Å². The first-order valence-corrected chi connectivity index (χ1v) is 9.29. The van der Waals surface area contributed by atoms with Crippen molar-refractivity contribution in [2.24, 2.45) is 7.05 Å². The van der Waals surface area contributed by atoms with Crippen LogP contribution in [0.2, 0.25) is 0 Å². The maximum Gasteiger partial charge on any atom is 0.146 e. The molecule has 136 valence electrons. The Morgan fingerprint density at radius 1 is 1.04 bits per heavy atom. The maximum atomic E-state index is 9.44. The van der Waals surface area contributed by atoms with Crippen LogP contribution in [0.3, 0.4) is 0 Å².